The van der Waals surface area contributed by atoms with Crippen LogP contribution in [0, 0.1) is 0 Å². The highest BCUT2D eigenvalue weighted by molar-refractivity contribution is 5.79. The van der Waals surface area contributed by atoms with Crippen LogP contribution < -0.4 is 15.4 Å². The van der Waals surface area contributed by atoms with E-state index in [1.54, 1.807) is 7.11 Å². The molecule has 1 heterocycles. The van der Waals surface area contributed by atoms with Crippen LogP contribution in [0.1, 0.15) is 32.9 Å². The van der Waals surface area contributed by atoms with Crippen LogP contribution in [0.3, 0.4) is 0 Å². The molecule has 0 aliphatic rings. The van der Waals surface area contributed by atoms with Crippen molar-refractivity contribution >= 4 is 5.96 Å². The molecular weight excluding hydrogens is 302 g/mol. The maximum absolute atomic E-state index is 5.18. The molecule has 0 aliphatic carbocycles. The standard InChI is InChI=1S/C18H27N5O/c1-5-14(3)21-18(19-6-2)20-13-15-11-12-23(22-15)16-7-9-17(24-4)10-8-16/h7-12,14H,5-6,13H2,1-4H3,(H2,19,20,21). The van der Waals surface area contributed by atoms with Gasteiger partial charge in [-0.3, -0.25) is 0 Å². The number of methoxy groups -OCH3 is 1. The SMILES string of the molecule is CCNC(=NCc1ccn(-c2ccc(OC)cc2)n1)NC(C)CC. The van der Waals surface area contributed by atoms with Crippen molar-refractivity contribution in [2.24, 2.45) is 4.99 Å². The average molecular weight is 329 g/mol. The first kappa shape index (κ1) is 17.8. The first-order valence-electron chi connectivity index (χ1n) is 8.40. The quantitative estimate of drug-likeness (QED) is 0.606. The highest BCUT2D eigenvalue weighted by atomic mass is 16.5. The van der Waals surface area contributed by atoms with Crippen molar-refractivity contribution in [3.05, 3.63) is 42.2 Å². The van der Waals surface area contributed by atoms with E-state index in [4.69, 9.17) is 4.74 Å². The average Bonchev–Trinajstić information content (AvgIpc) is 3.08. The number of guanidine groups is 1. The molecular formula is C18H27N5O. The molecule has 130 valence electrons. The van der Waals surface area contributed by atoms with Crippen LogP contribution in [-0.2, 0) is 6.54 Å². The molecule has 6 heteroatoms. The van der Waals surface area contributed by atoms with Crippen molar-refractivity contribution in [1.82, 2.24) is 20.4 Å². The fraction of sp³-hybridized carbons (Fsp3) is 0.444. The molecule has 2 aromatic rings. The lowest BCUT2D eigenvalue weighted by atomic mass is 10.3. The van der Waals surface area contributed by atoms with Crippen LogP contribution in [-0.4, -0.2) is 35.4 Å². The van der Waals surface area contributed by atoms with Gasteiger partial charge in [0.15, 0.2) is 5.96 Å². The number of nitrogens with one attached hydrogen (secondary N) is 2. The normalized spacial score (nSPS) is 12.8. The second kappa shape index (κ2) is 8.96. The lowest BCUT2D eigenvalue weighted by molar-refractivity contribution is 0.414. The molecule has 0 amide bonds. The van der Waals surface area contributed by atoms with E-state index >= 15 is 0 Å². The van der Waals surface area contributed by atoms with Crippen molar-refractivity contribution in [1.29, 1.82) is 0 Å². The van der Waals surface area contributed by atoms with E-state index in [1.807, 2.05) is 41.2 Å². The van der Waals surface area contributed by atoms with Crippen molar-refractivity contribution in [2.75, 3.05) is 13.7 Å². The van der Waals surface area contributed by atoms with Gasteiger partial charge in [0.25, 0.3) is 0 Å². The fourth-order valence-corrected chi connectivity index (χ4v) is 2.14. The molecule has 6 nitrogen and oxygen atoms in total. The van der Waals surface area contributed by atoms with Crippen molar-refractivity contribution < 1.29 is 4.74 Å². The second-order valence-electron chi connectivity index (χ2n) is 5.60. The van der Waals surface area contributed by atoms with E-state index in [1.165, 1.54) is 0 Å². The van der Waals surface area contributed by atoms with Gasteiger partial charge in [0.1, 0.15) is 5.75 Å². The molecule has 0 saturated carbocycles. The van der Waals surface area contributed by atoms with Gasteiger partial charge in [-0.05, 0) is 50.6 Å². The minimum Gasteiger partial charge on any atom is -0.497 e. The van der Waals surface area contributed by atoms with Crippen molar-refractivity contribution in [2.45, 2.75) is 39.8 Å². The van der Waals surface area contributed by atoms with Gasteiger partial charge in [0.05, 0.1) is 25.0 Å². The molecule has 0 spiro atoms. The van der Waals surface area contributed by atoms with E-state index in [-0.39, 0.29) is 0 Å². The van der Waals surface area contributed by atoms with Gasteiger partial charge < -0.3 is 15.4 Å². The smallest absolute Gasteiger partial charge is 0.191 e. The van der Waals surface area contributed by atoms with E-state index in [0.29, 0.717) is 12.6 Å². The molecule has 1 aromatic heterocycles. The molecule has 1 unspecified atom stereocenters. The van der Waals surface area contributed by atoms with Gasteiger partial charge in [-0.1, -0.05) is 6.92 Å². The third kappa shape index (κ3) is 5.01. The van der Waals surface area contributed by atoms with E-state index in [9.17, 15) is 0 Å². The van der Waals surface area contributed by atoms with Gasteiger partial charge in [0.2, 0.25) is 0 Å². The highest BCUT2D eigenvalue weighted by Crippen LogP contribution is 2.14. The molecule has 0 bridgehead atoms. The van der Waals surface area contributed by atoms with Crippen LogP contribution in [0.15, 0.2) is 41.5 Å². The first-order chi connectivity index (χ1) is 11.7. The number of benzene rings is 1. The predicted octanol–water partition coefficient (Wildman–Crippen LogP) is 2.73. The minimum absolute atomic E-state index is 0.389. The van der Waals surface area contributed by atoms with Crippen molar-refractivity contribution in [3.8, 4) is 11.4 Å². The number of rotatable bonds is 7. The Kier molecular flexibility index (Phi) is 6.66. The predicted molar refractivity (Wildman–Crippen MR) is 97.8 cm³/mol. The van der Waals surface area contributed by atoms with Crippen LogP contribution in [0.2, 0.25) is 0 Å². The number of nitrogens with zero attached hydrogens (tertiary/aromatic N) is 3. The topological polar surface area (TPSA) is 63.5 Å². The molecule has 0 aliphatic heterocycles. The Balaban J connectivity index is 2.04. The largest absolute Gasteiger partial charge is 0.497 e. The zero-order chi connectivity index (χ0) is 17.4. The Morgan fingerprint density at radius 2 is 2.00 bits per heavy atom. The summed E-state index contributed by atoms with van der Waals surface area (Å²) >= 11 is 0. The van der Waals surface area contributed by atoms with E-state index in [2.05, 4.69) is 41.5 Å². The number of aromatic nitrogens is 2. The van der Waals surface area contributed by atoms with Gasteiger partial charge in [-0.15, -0.1) is 0 Å². The summed E-state index contributed by atoms with van der Waals surface area (Å²) in [6.45, 7) is 7.73. The summed E-state index contributed by atoms with van der Waals surface area (Å²) in [4.78, 5) is 4.60. The van der Waals surface area contributed by atoms with E-state index in [0.717, 1.165) is 36.1 Å². The Labute approximate surface area is 143 Å². The molecule has 0 fully saturated rings. The summed E-state index contributed by atoms with van der Waals surface area (Å²) in [5.74, 6) is 1.66. The number of hydrogen-bond acceptors (Lipinski definition) is 3. The second-order valence-corrected chi connectivity index (χ2v) is 5.60. The Bertz CT molecular complexity index is 648. The summed E-state index contributed by atoms with van der Waals surface area (Å²) in [5.41, 5.74) is 1.92. The highest BCUT2D eigenvalue weighted by Gasteiger charge is 2.04. The van der Waals surface area contributed by atoms with Gasteiger partial charge in [-0.25, -0.2) is 9.67 Å². The summed E-state index contributed by atoms with van der Waals surface area (Å²) in [7, 11) is 1.66. The van der Waals surface area contributed by atoms with Crippen LogP contribution in [0.5, 0.6) is 5.75 Å². The summed E-state index contributed by atoms with van der Waals surface area (Å²) in [5, 5.41) is 11.2. The van der Waals surface area contributed by atoms with E-state index < -0.39 is 0 Å². The maximum Gasteiger partial charge on any atom is 0.191 e. The van der Waals surface area contributed by atoms with Crippen LogP contribution in [0.4, 0.5) is 0 Å². The van der Waals surface area contributed by atoms with Gasteiger partial charge in [0, 0.05) is 18.8 Å². The minimum atomic E-state index is 0.389. The number of aliphatic imine (C=N–C) groups is 1. The monoisotopic (exact) mass is 329 g/mol. The Morgan fingerprint density at radius 1 is 1.25 bits per heavy atom. The number of hydrogen-bond donors (Lipinski definition) is 2. The first-order valence-corrected chi connectivity index (χ1v) is 8.40. The molecule has 24 heavy (non-hydrogen) atoms. The van der Waals surface area contributed by atoms with Crippen molar-refractivity contribution in [3.63, 3.8) is 0 Å². The fourth-order valence-electron chi connectivity index (χ4n) is 2.14. The number of ether oxygens (including phenoxy) is 1. The van der Waals surface area contributed by atoms with Gasteiger partial charge >= 0.3 is 0 Å². The van der Waals surface area contributed by atoms with Crippen LogP contribution >= 0.6 is 0 Å². The van der Waals surface area contributed by atoms with Crippen LogP contribution in [0.25, 0.3) is 5.69 Å². The summed E-state index contributed by atoms with van der Waals surface area (Å²) < 4.78 is 7.02. The maximum atomic E-state index is 5.18. The molecule has 0 radical (unpaired) electrons. The molecule has 2 N–H and O–H groups in total. The third-order valence-electron chi connectivity index (χ3n) is 3.72. The Hall–Kier alpha value is -2.50. The summed E-state index contributed by atoms with van der Waals surface area (Å²) in [6, 6.07) is 10.2. The Morgan fingerprint density at radius 3 is 2.62 bits per heavy atom. The van der Waals surface area contributed by atoms with Gasteiger partial charge in [-0.2, -0.15) is 5.10 Å². The molecule has 2 rings (SSSR count). The third-order valence-corrected chi connectivity index (χ3v) is 3.72. The zero-order valence-electron chi connectivity index (χ0n) is 14.9. The molecule has 1 aromatic carbocycles. The lowest BCUT2D eigenvalue weighted by Crippen LogP contribution is -2.41. The molecule has 1 atom stereocenters. The lowest BCUT2D eigenvalue weighted by Gasteiger charge is -2.15. The zero-order valence-corrected chi connectivity index (χ0v) is 14.9. The summed E-state index contributed by atoms with van der Waals surface area (Å²) in [6.07, 6.45) is 3.00. The molecule has 0 saturated heterocycles.